The molecule has 17 heavy (non-hydrogen) atoms. The van der Waals surface area contributed by atoms with E-state index >= 15 is 0 Å². The van der Waals surface area contributed by atoms with Crippen LogP contribution in [0.25, 0.3) is 0 Å². The highest BCUT2D eigenvalue weighted by Crippen LogP contribution is 2.33. The monoisotopic (exact) mass is 231 g/mol. The fourth-order valence-corrected chi connectivity index (χ4v) is 2.80. The second-order valence-electron chi connectivity index (χ2n) is 5.18. The molecule has 1 aromatic rings. The first-order chi connectivity index (χ1) is 8.15. The number of nitriles is 1. The van der Waals surface area contributed by atoms with Crippen molar-refractivity contribution in [1.29, 1.82) is 5.26 Å². The molecule has 1 heterocycles. The van der Waals surface area contributed by atoms with Gasteiger partial charge in [0.15, 0.2) is 0 Å². The number of nitrogens with zero attached hydrogens (tertiary/aromatic N) is 3. The van der Waals surface area contributed by atoms with E-state index in [9.17, 15) is 5.26 Å². The molecule has 0 N–H and O–H groups in total. The van der Waals surface area contributed by atoms with Gasteiger partial charge in [0.2, 0.25) is 0 Å². The highest BCUT2D eigenvalue weighted by atomic mass is 15.3. The van der Waals surface area contributed by atoms with Gasteiger partial charge in [0, 0.05) is 5.69 Å². The van der Waals surface area contributed by atoms with Gasteiger partial charge in [-0.3, -0.25) is 4.68 Å². The maximum Gasteiger partial charge on any atom is 0.0687 e. The standard InChI is InChI=1S/C14H21N3/c1-10-11(2)16-17(12(10)3)14-8-6-4-5-7-13(14)9-15/h13-14H,4-8H2,1-3H3. The normalized spacial score (nSPS) is 25.3. The lowest BCUT2D eigenvalue weighted by Gasteiger charge is -2.21. The Kier molecular flexibility index (Phi) is 3.51. The van der Waals surface area contributed by atoms with Crippen molar-refractivity contribution >= 4 is 0 Å². The van der Waals surface area contributed by atoms with E-state index in [1.165, 1.54) is 30.5 Å². The van der Waals surface area contributed by atoms with Crippen LogP contribution in [0.15, 0.2) is 0 Å². The zero-order valence-electron chi connectivity index (χ0n) is 11.0. The Labute approximate surface area is 103 Å². The van der Waals surface area contributed by atoms with E-state index in [0.29, 0.717) is 0 Å². The van der Waals surface area contributed by atoms with Crippen LogP contribution < -0.4 is 0 Å². The molecule has 1 aliphatic carbocycles. The minimum Gasteiger partial charge on any atom is -0.265 e. The third-order valence-corrected chi connectivity index (χ3v) is 4.15. The molecular formula is C14H21N3. The maximum atomic E-state index is 9.32. The quantitative estimate of drug-likeness (QED) is 0.695. The molecule has 2 atom stereocenters. The lowest BCUT2D eigenvalue weighted by atomic mass is 9.96. The molecule has 1 saturated carbocycles. The Balaban J connectivity index is 2.35. The third kappa shape index (κ3) is 2.22. The van der Waals surface area contributed by atoms with Gasteiger partial charge >= 0.3 is 0 Å². The summed E-state index contributed by atoms with van der Waals surface area (Å²) in [5.74, 6) is 0.134. The van der Waals surface area contributed by atoms with Crippen molar-refractivity contribution in [3.63, 3.8) is 0 Å². The number of aryl methyl sites for hydroxylation is 1. The summed E-state index contributed by atoms with van der Waals surface area (Å²) >= 11 is 0. The van der Waals surface area contributed by atoms with Crippen LogP contribution in [0.1, 0.15) is 55.1 Å². The second-order valence-corrected chi connectivity index (χ2v) is 5.18. The van der Waals surface area contributed by atoms with Crippen LogP contribution in [-0.2, 0) is 0 Å². The smallest absolute Gasteiger partial charge is 0.0687 e. The average molecular weight is 231 g/mol. The highest BCUT2D eigenvalue weighted by molar-refractivity contribution is 5.23. The first-order valence-corrected chi connectivity index (χ1v) is 6.57. The van der Waals surface area contributed by atoms with Gasteiger partial charge in [0.1, 0.15) is 0 Å². The van der Waals surface area contributed by atoms with Crippen molar-refractivity contribution < 1.29 is 0 Å². The molecule has 0 bridgehead atoms. The van der Waals surface area contributed by atoms with E-state index in [4.69, 9.17) is 0 Å². The van der Waals surface area contributed by atoms with Crippen LogP contribution in [0.5, 0.6) is 0 Å². The molecule has 0 aromatic carbocycles. The molecule has 2 rings (SSSR count). The van der Waals surface area contributed by atoms with Gasteiger partial charge in [-0.05, 0) is 39.2 Å². The summed E-state index contributed by atoms with van der Waals surface area (Å²) in [5.41, 5.74) is 3.60. The van der Waals surface area contributed by atoms with Crippen LogP contribution in [0, 0.1) is 38.0 Å². The first kappa shape index (κ1) is 12.2. The van der Waals surface area contributed by atoms with Crippen molar-refractivity contribution in [1.82, 2.24) is 9.78 Å². The Bertz CT molecular complexity index is 439. The Morgan fingerprint density at radius 1 is 1.18 bits per heavy atom. The van der Waals surface area contributed by atoms with Gasteiger partial charge in [0.05, 0.1) is 23.7 Å². The predicted octanol–water partition coefficient (Wildman–Crippen LogP) is 3.45. The molecule has 1 aromatic heterocycles. The summed E-state index contributed by atoms with van der Waals surface area (Å²) in [6, 6.07) is 2.77. The van der Waals surface area contributed by atoms with E-state index in [0.717, 1.165) is 18.5 Å². The molecule has 92 valence electrons. The van der Waals surface area contributed by atoms with Gasteiger partial charge in [-0.2, -0.15) is 10.4 Å². The van der Waals surface area contributed by atoms with E-state index in [1.807, 2.05) is 0 Å². The lowest BCUT2D eigenvalue weighted by Crippen LogP contribution is -2.19. The minimum atomic E-state index is 0.134. The summed E-state index contributed by atoms with van der Waals surface area (Å²) in [6.07, 6.45) is 5.79. The molecule has 0 amide bonds. The minimum absolute atomic E-state index is 0.134. The van der Waals surface area contributed by atoms with Gasteiger partial charge < -0.3 is 0 Å². The van der Waals surface area contributed by atoms with Crippen molar-refractivity contribution in [2.75, 3.05) is 0 Å². The summed E-state index contributed by atoms with van der Waals surface area (Å²) in [5, 5.41) is 14.0. The fourth-order valence-electron chi connectivity index (χ4n) is 2.80. The summed E-state index contributed by atoms with van der Waals surface area (Å²) in [7, 11) is 0. The van der Waals surface area contributed by atoms with Crippen molar-refractivity contribution in [2.24, 2.45) is 5.92 Å². The number of hydrogen-bond acceptors (Lipinski definition) is 2. The van der Waals surface area contributed by atoms with Gasteiger partial charge in [-0.1, -0.05) is 19.3 Å². The zero-order valence-corrected chi connectivity index (χ0v) is 11.0. The van der Waals surface area contributed by atoms with E-state index < -0.39 is 0 Å². The van der Waals surface area contributed by atoms with E-state index in [1.54, 1.807) is 0 Å². The molecular weight excluding hydrogens is 210 g/mol. The molecule has 0 aliphatic heterocycles. The SMILES string of the molecule is Cc1nn(C2CCCCCC2C#N)c(C)c1C. The van der Waals surface area contributed by atoms with E-state index in [-0.39, 0.29) is 12.0 Å². The van der Waals surface area contributed by atoms with Gasteiger partial charge in [0.25, 0.3) is 0 Å². The highest BCUT2D eigenvalue weighted by Gasteiger charge is 2.27. The van der Waals surface area contributed by atoms with Crippen molar-refractivity contribution in [3.8, 4) is 6.07 Å². The van der Waals surface area contributed by atoms with E-state index in [2.05, 4.69) is 36.6 Å². The zero-order chi connectivity index (χ0) is 12.4. The molecule has 2 unspecified atom stereocenters. The summed E-state index contributed by atoms with van der Waals surface area (Å²) in [6.45, 7) is 6.29. The molecule has 1 fully saturated rings. The Morgan fingerprint density at radius 2 is 1.88 bits per heavy atom. The summed E-state index contributed by atoms with van der Waals surface area (Å²) < 4.78 is 2.11. The molecule has 0 radical (unpaired) electrons. The van der Waals surface area contributed by atoms with Crippen LogP contribution in [0.4, 0.5) is 0 Å². The second kappa shape index (κ2) is 4.91. The molecule has 3 heteroatoms. The number of aromatic nitrogens is 2. The van der Waals surface area contributed by atoms with Gasteiger partial charge in [-0.15, -0.1) is 0 Å². The third-order valence-electron chi connectivity index (χ3n) is 4.15. The number of rotatable bonds is 1. The maximum absolute atomic E-state index is 9.32. The molecule has 3 nitrogen and oxygen atoms in total. The lowest BCUT2D eigenvalue weighted by molar-refractivity contribution is 0.336. The van der Waals surface area contributed by atoms with Crippen molar-refractivity contribution in [3.05, 3.63) is 17.0 Å². The molecule has 0 saturated heterocycles. The average Bonchev–Trinajstić information content (AvgIpc) is 2.55. The van der Waals surface area contributed by atoms with Crippen LogP contribution in [0.2, 0.25) is 0 Å². The number of hydrogen-bond donors (Lipinski definition) is 0. The Hall–Kier alpha value is -1.30. The first-order valence-electron chi connectivity index (χ1n) is 6.57. The predicted molar refractivity (Wildman–Crippen MR) is 67.7 cm³/mol. The summed E-state index contributed by atoms with van der Waals surface area (Å²) in [4.78, 5) is 0. The van der Waals surface area contributed by atoms with Crippen molar-refractivity contribution in [2.45, 2.75) is 58.9 Å². The van der Waals surface area contributed by atoms with Crippen LogP contribution in [-0.4, -0.2) is 9.78 Å². The molecule has 0 spiro atoms. The topological polar surface area (TPSA) is 41.6 Å². The fraction of sp³-hybridized carbons (Fsp3) is 0.714. The largest absolute Gasteiger partial charge is 0.265 e. The Morgan fingerprint density at radius 3 is 2.47 bits per heavy atom. The van der Waals surface area contributed by atoms with Crippen LogP contribution >= 0.6 is 0 Å². The van der Waals surface area contributed by atoms with Gasteiger partial charge in [-0.25, -0.2) is 0 Å². The molecule has 1 aliphatic rings. The van der Waals surface area contributed by atoms with Crippen LogP contribution in [0.3, 0.4) is 0 Å².